The van der Waals surface area contributed by atoms with Gasteiger partial charge in [0.2, 0.25) is 10.0 Å². The van der Waals surface area contributed by atoms with E-state index >= 15 is 0 Å². The molecule has 0 spiro atoms. The fraction of sp³-hybridized carbons (Fsp3) is 0.615. The van der Waals surface area contributed by atoms with Gasteiger partial charge in [-0.05, 0) is 26.0 Å². The molecule has 1 aliphatic rings. The summed E-state index contributed by atoms with van der Waals surface area (Å²) in [5.74, 6) is 0.111. The number of piperazine rings is 1. The summed E-state index contributed by atoms with van der Waals surface area (Å²) in [6.07, 6.45) is 0. The van der Waals surface area contributed by atoms with Gasteiger partial charge in [-0.1, -0.05) is 0 Å². The summed E-state index contributed by atoms with van der Waals surface area (Å²) >= 11 is 0. The fourth-order valence-electron chi connectivity index (χ4n) is 2.20. The van der Waals surface area contributed by atoms with Crippen LogP contribution in [0.5, 0.6) is 0 Å². The first-order valence-corrected chi connectivity index (χ1v) is 8.49. The molecule has 0 bridgehead atoms. The molecule has 6 nitrogen and oxygen atoms in total. The van der Waals surface area contributed by atoms with Crippen LogP contribution in [-0.4, -0.2) is 56.8 Å². The van der Waals surface area contributed by atoms with Crippen molar-refractivity contribution in [3.63, 3.8) is 0 Å². The summed E-state index contributed by atoms with van der Waals surface area (Å²) in [5.41, 5.74) is 2.15. The van der Waals surface area contributed by atoms with Gasteiger partial charge in [0, 0.05) is 38.4 Å². The first kappa shape index (κ1) is 15.2. The molecule has 2 heterocycles. The lowest BCUT2D eigenvalue weighted by molar-refractivity contribution is 0.254. The molecule has 0 atom stereocenters. The number of hydrogen-bond acceptors (Lipinski definition) is 5. The standard InChI is InChI=1S/C13H22N4O2S/c1-11-3-4-13(12(2)15-11)16-20(18,19)10-9-17-7-5-14-6-8-17/h3-4,14,16H,5-10H2,1-2H3. The quantitative estimate of drug-likeness (QED) is 0.820. The molecule has 0 aliphatic carbocycles. The minimum Gasteiger partial charge on any atom is -0.314 e. The topological polar surface area (TPSA) is 74.3 Å². The third-order valence-electron chi connectivity index (χ3n) is 3.38. The minimum absolute atomic E-state index is 0.111. The summed E-state index contributed by atoms with van der Waals surface area (Å²) in [7, 11) is -3.32. The van der Waals surface area contributed by atoms with Crippen LogP contribution in [0.15, 0.2) is 12.1 Å². The second-order valence-electron chi connectivity index (χ2n) is 5.10. The van der Waals surface area contributed by atoms with Crippen molar-refractivity contribution in [3.8, 4) is 0 Å². The number of hydrogen-bond donors (Lipinski definition) is 2. The SMILES string of the molecule is Cc1ccc(NS(=O)(=O)CCN2CCNCC2)c(C)n1. The van der Waals surface area contributed by atoms with Crippen LogP contribution in [0, 0.1) is 13.8 Å². The van der Waals surface area contributed by atoms with Crippen molar-refractivity contribution in [1.82, 2.24) is 15.2 Å². The summed E-state index contributed by atoms with van der Waals surface area (Å²) in [6.45, 7) is 7.91. The Hall–Kier alpha value is -1.18. The Kier molecular flexibility index (Phi) is 4.95. The third-order valence-corrected chi connectivity index (χ3v) is 4.63. The monoisotopic (exact) mass is 298 g/mol. The van der Waals surface area contributed by atoms with Crippen molar-refractivity contribution in [1.29, 1.82) is 0 Å². The van der Waals surface area contributed by atoms with Crippen LogP contribution in [0.2, 0.25) is 0 Å². The van der Waals surface area contributed by atoms with Gasteiger partial charge in [-0.25, -0.2) is 8.42 Å². The molecule has 0 unspecified atom stereocenters. The van der Waals surface area contributed by atoms with E-state index in [2.05, 4.69) is 19.9 Å². The summed E-state index contributed by atoms with van der Waals surface area (Å²) in [5, 5.41) is 3.25. The fourth-order valence-corrected chi connectivity index (χ4v) is 3.35. The van der Waals surface area contributed by atoms with E-state index < -0.39 is 10.0 Å². The molecule has 0 saturated carbocycles. The average molecular weight is 298 g/mol. The maximum absolute atomic E-state index is 12.1. The lowest BCUT2D eigenvalue weighted by Gasteiger charge is -2.26. The van der Waals surface area contributed by atoms with Gasteiger partial charge in [-0.3, -0.25) is 14.6 Å². The zero-order chi connectivity index (χ0) is 14.6. The molecule has 2 N–H and O–H groups in total. The maximum atomic E-state index is 12.1. The van der Waals surface area contributed by atoms with Crippen LogP contribution in [0.4, 0.5) is 5.69 Å². The predicted octanol–water partition coefficient (Wildman–Crippen LogP) is 0.345. The molecular formula is C13H22N4O2S. The molecule has 0 amide bonds. The van der Waals surface area contributed by atoms with E-state index in [4.69, 9.17) is 0 Å². The number of nitrogens with zero attached hydrogens (tertiary/aromatic N) is 2. The lowest BCUT2D eigenvalue weighted by atomic mass is 10.3. The van der Waals surface area contributed by atoms with Crippen molar-refractivity contribution in [3.05, 3.63) is 23.5 Å². The van der Waals surface area contributed by atoms with Crippen LogP contribution < -0.4 is 10.0 Å². The van der Waals surface area contributed by atoms with E-state index in [0.717, 1.165) is 31.9 Å². The molecule has 1 aliphatic heterocycles. The Morgan fingerprint density at radius 1 is 1.30 bits per heavy atom. The van der Waals surface area contributed by atoms with Gasteiger partial charge in [-0.15, -0.1) is 0 Å². The Morgan fingerprint density at radius 2 is 2.00 bits per heavy atom. The van der Waals surface area contributed by atoms with Crippen molar-refractivity contribution in [2.45, 2.75) is 13.8 Å². The van der Waals surface area contributed by atoms with Gasteiger partial charge in [0.05, 0.1) is 17.1 Å². The number of aromatic nitrogens is 1. The first-order chi connectivity index (χ1) is 9.46. The molecular weight excluding hydrogens is 276 g/mol. The zero-order valence-electron chi connectivity index (χ0n) is 12.0. The Bertz CT molecular complexity index is 553. The maximum Gasteiger partial charge on any atom is 0.234 e. The van der Waals surface area contributed by atoms with E-state index in [-0.39, 0.29) is 5.75 Å². The molecule has 7 heteroatoms. The largest absolute Gasteiger partial charge is 0.314 e. The highest BCUT2D eigenvalue weighted by Crippen LogP contribution is 2.14. The zero-order valence-corrected chi connectivity index (χ0v) is 12.8. The van der Waals surface area contributed by atoms with E-state index in [1.807, 2.05) is 6.92 Å². The van der Waals surface area contributed by atoms with Crippen LogP contribution in [0.3, 0.4) is 0 Å². The highest BCUT2D eigenvalue weighted by Gasteiger charge is 2.16. The van der Waals surface area contributed by atoms with Crippen molar-refractivity contribution in [2.75, 3.05) is 43.2 Å². The summed E-state index contributed by atoms with van der Waals surface area (Å²) in [6, 6.07) is 3.57. The van der Waals surface area contributed by atoms with Crippen LogP contribution >= 0.6 is 0 Å². The number of sulfonamides is 1. The van der Waals surface area contributed by atoms with Crippen LogP contribution in [0.1, 0.15) is 11.4 Å². The molecule has 1 fully saturated rings. The number of anilines is 1. The molecule has 112 valence electrons. The molecule has 1 aromatic heterocycles. The highest BCUT2D eigenvalue weighted by atomic mass is 32.2. The van der Waals surface area contributed by atoms with Gasteiger partial charge >= 0.3 is 0 Å². The Balaban J connectivity index is 1.93. The molecule has 20 heavy (non-hydrogen) atoms. The van der Waals surface area contributed by atoms with E-state index in [0.29, 0.717) is 17.9 Å². The van der Waals surface area contributed by atoms with Gasteiger partial charge < -0.3 is 5.32 Å². The number of rotatable bonds is 5. The van der Waals surface area contributed by atoms with Crippen molar-refractivity contribution < 1.29 is 8.42 Å². The van der Waals surface area contributed by atoms with Gasteiger partial charge in [-0.2, -0.15) is 0 Å². The van der Waals surface area contributed by atoms with Gasteiger partial charge in [0.25, 0.3) is 0 Å². The molecule has 1 aromatic rings. The second kappa shape index (κ2) is 6.51. The van der Waals surface area contributed by atoms with Crippen LogP contribution in [0.25, 0.3) is 0 Å². The van der Waals surface area contributed by atoms with Crippen molar-refractivity contribution >= 4 is 15.7 Å². The predicted molar refractivity (Wildman–Crippen MR) is 80.4 cm³/mol. The first-order valence-electron chi connectivity index (χ1n) is 6.84. The van der Waals surface area contributed by atoms with E-state index in [9.17, 15) is 8.42 Å². The second-order valence-corrected chi connectivity index (χ2v) is 6.94. The number of nitrogens with one attached hydrogen (secondary N) is 2. The Morgan fingerprint density at radius 3 is 2.65 bits per heavy atom. The molecule has 1 saturated heterocycles. The molecule has 0 aromatic carbocycles. The third kappa shape index (κ3) is 4.43. The lowest BCUT2D eigenvalue weighted by Crippen LogP contribution is -2.45. The number of aryl methyl sites for hydroxylation is 2. The summed E-state index contributed by atoms with van der Waals surface area (Å²) < 4.78 is 26.8. The Labute approximate surface area is 120 Å². The van der Waals surface area contributed by atoms with Gasteiger partial charge in [0.1, 0.15) is 0 Å². The van der Waals surface area contributed by atoms with E-state index in [1.165, 1.54) is 0 Å². The van der Waals surface area contributed by atoms with Gasteiger partial charge in [0.15, 0.2) is 0 Å². The van der Waals surface area contributed by atoms with Crippen LogP contribution in [-0.2, 0) is 10.0 Å². The number of pyridine rings is 1. The smallest absolute Gasteiger partial charge is 0.234 e. The average Bonchev–Trinajstić information content (AvgIpc) is 2.41. The minimum atomic E-state index is -3.32. The normalized spacial score (nSPS) is 17.1. The summed E-state index contributed by atoms with van der Waals surface area (Å²) in [4.78, 5) is 6.42. The molecule has 2 rings (SSSR count). The van der Waals surface area contributed by atoms with Crippen molar-refractivity contribution in [2.24, 2.45) is 0 Å². The highest BCUT2D eigenvalue weighted by molar-refractivity contribution is 7.92. The van der Waals surface area contributed by atoms with E-state index in [1.54, 1.807) is 19.1 Å². The molecule has 0 radical (unpaired) electrons.